The lowest BCUT2D eigenvalue weighted by Gasteiger charge is -2.26. The van der Waals surface area contributed by atoms with Gasteiger partial charge in [0.2, 0.25) is 0 Å². The van der Waals surface area contributed by atoms with E-state index in [0.717, 1.165) is 47.0 Å². The summed E-state index contributed by atoms with van der Waals surface area (Å²) in [6.07, 6.45) is 0. The van der Waals surface area contributed by atoms with Gasteiger partial charge in [-0.3, -0.25) is 0 Å². The molecule has 5 heteroatoms. The molecule has 1 aromatic carbocycles. The first-order valence-electron chi connectivity index (χ1n) is 6.36. The summed E-state index contributed by atoms with van der Waals surface area (Å²) >= 11 is 1.89. The third kappa shape index (κ3) is 2.71. The largest absolute Gasteiger partial charge is 0.461 e. The summed E-state index contributed by atoms with van der Waals surface area (Å²) in [7, 11) is 0. The van der Waals surface area contributed by atoms with E-state index >= 15 is 0 Å². The first-order chi connectivity index (χ1) is 9.22. The summed E-state index contributed by atoms with van der Waals surface area (Å²) in [5.74, 6) is 2.92. The molecule has 1 aliphatic heterocycles. The Labute approximate surface area is 116 Å². The maximum absolute atomic E-state index is 12.1. The molecule has 4 nitrogen and oxygen atoms in total. The van der Waals surface area contributed by atoms with E-state index in [-0.39, 0.29) is 6.03 Å². The molecule has 0 atom stereocenters. The molecule has 100 valence electrons. The summed E-state index contributed by atoms with van der Waals surface area (Å²) in [6.45, 7) is 3.57. The number of amides is 2. The zero-order valence-electron chi connectivity index (χ0n) is 10.8. The number of aryl methyl sites for hydroxylation is 1. The second kappa shape index (κ2) is 5.17. The zero-order valence-corrected chi connectivity index (χ0v) is 11.6. The molecule has 1 saturated heterocycles. The summed E-state index contributed by atoms with van der Waals surface area (Å²) in [4.78, 5) is 14.0. The monoisotopic (exact) mass is 276 g/mol. The standard InChI is InChI=1S/C14H16N2O2S/c1-10-8-11-9-12(2-3-13(11)18-10)15-14(17)16-4-6-19-7-5-16/h2-3,8-9H,4-7H2,1H3,(H,15,17). The highest BCUT2D eigenvalue weighted by atomic mass is 32.2. The lowest BCUT2D eigenvalue weighted by Crippen LogP contribution is -2.40. The number of rotatable bonds is 1. The van der Waals surface area contributed by atoms with Gasteiger partial charge in [-0.15, -0.1) is 0 Å². The van der Waals surface area contributed by atoms with Crippen molar-refractivity contribution < 1.29 is 9.21 Å². The third-order valence-corrected chi connectivity index (χ3v) is 4.13. The highest BCUT2D eigenvalue weighted by Crippen LogP contribution is 2.23. The second-order valence-electron chi connectivity index (χ2n) is 4.64. The van der Waals surface area contributed by atoms with E-state index in [1.165, 1.54) is 0 Å². The predicted molar refractivity (Wildman–Crippen MR) is 78.9 cm³/mol. The van der Waals surface area contributed by atoms with Gasteiger partial charge in [0.1, 0.15) is 11.3 Å². The van der Waals surface area contributed by atoms with Crippen molar-refractivity contribution in [3.05, 3.63) is 30.0 Å². The van der Waals surface area contributed by atoms with Gasteiger partial charge in [-0.2, -0.15) is 11.8 Å². The average Bonchev–Trinajstić information content (AvgIpc) is 2.79. The van der Waals surface area contributed by atoms with Gasteiger partial charge in [-0.1, -0.05) is 0 Å². The second-order valence-corrected chi connectivity index (χ2v) is 5.86. The van der Waals surface area contributed by atoms with Crippen LogP contribution >= 0.6 is 11.8 Å². The van der Waals surface area contributed by atoms with Crippen LogP contribution in [0.1, 0.15) is 5.76 Å². The van der Waals surface area contributed by atoms with Gasteiger partial charge in [0.05, 0.1) is 0 Å². The molecule has 1 N–H and O–H groups in total. The van der Waals surface area contributed by atoms with E-state index in [0.29, 0.717) is 0 Å². The zero-order chi connectivity index (χ0) is 13.2. The van der Waals surface area contributed by atoms with Crippen LogP contribution in [0.15, 0.2) is 28.7 Å². The van der Waals surface area contributed by atoms with Crippen LogP contribution < -0.4 is 5.32 Å². The Morgan fingerprint density at radius 1 is 1.32 bits per heavy atom. The number of nitrogens with zero attached hydrogens (tertiary/aromatic N) is 1. The van der Waals surface area contributed by atoms with Crippen molar-refractivity contribution in [2.45, 2.75) is 6.92 Å². The molecule has 2 aromatic rings. The Morgan fingerprint density at radius 2 is 2.11 bits per heavy atom. The average molecular weight is 276 g/mol. The van der Waals surface area contributed by atoms with Crippen molar-refractivity contribution in [2.75, 3.05) is 29.9 Å². The Hall–Kier alpha value is -1.62. The highest BCUT2D eigenvalue weighted by Gasteiger charge is 2.16. The number of fused-ring (bicyclic) bond motifs is 1. The predicted octanol–water partition coefficient (Wildman–Crippen LogP) is 3.32. The molecule has 0 unspecified atom stereocenters. The Bertz CT molecular complexity index is 603. The van der Waals surface area contributed by atoms with E-state index in [1.54, 1.807) is 0 Å². The molecule has 1 aliphatic rings. The Morgan fingerprint density at radius 3 is 2.89 bits per heavy atom. The van der Waals surface area contributed by atoms with E-state index in [4.69, 9.17) is 4.42 Å². The number of anilines is 1. The minimum absolute atomic E-state index is 0.0140. The van der Waals surface area contributed by atoms with Crippen LogP contribution in [-0.4, -0.2) is 35.5 Å². The fraction of sp³-hybridized carbons (Fsp3) is 0.357. The van der Waals surface area contributed by atoms with Crippen LogP contribution in [0.25, 0.3) is 11.0 Å². The van der Waals surface area contributed by atoms with E-state index < -0.39 is 0 Å². The van der Waals surface area contributed by atoms with Gasteiger partial charge in [-0.05, 0) is 31.2 Å². The summed E-state index contributed by atoms with van der Waals surface area (Å²) < 4.78 is 5.52. The molecule has 0 bridgehead atoms. The molecule has 1 fully saturated rings. The third-order valence-electron chi connectivity index (χ3n) is 3.19. The highest BCUT2D eigenvalue weighted by molar-refractivity contribution is 7.99. The molecule has 19 heavy (non-hydrogen) atoms. The molecule has 0 spiro atoms. The molecular weight excluding hydrogens is 260 g/mol. The van der Waals surface area contributed by atoms with E-state index in [1.807, 2.05) is 47.9 Å². The fourth-order valence-electron chi connectivity index (χ4n) is 2.22. The topological polar surface area (TPSA) is 45.5 Å². The number of nitrogens with one attached hydrogen (secondary N) is 1. The van der Waals surface area contributed by atoms with Gasteiger partial charge in [0.15, 0.2) is 0 Å². The number of hydrogen-bond donors (Lipinski definition) is 1. The molecule has 3 rings (SSSR count). The molecule has 0 radical (unpaired) electrons. The molecule has 2 amide bonds. The number of urea groups is 1. The van der Waals surface area contributed by atoms with Gasteiger partial charge in [-0.25, -0.2) is 4.79 Å². The first kappa shape index (κ1) is 12.4. The number of hydrogen-bond acceptors (Lipinski definition) is 3. The normalized spacial score (nSPS) is 15.7. The smallest absolute Gasteiger partial charge is 0.321 e. The summed E-state index contributed by atoms with van der Waals surface area (Å²) in [5.41, 5.74) is 1.67. The number of benzene rings is 1. The Balaban J connectivity index is 1.74. The van der Waals surface area contributed by atoms with Crippen molar-refractivity contribution >= 4 is 34.4 Å². The van der Waals surface area contributed by atoms with Crippen molar-refractivity contribution in [2.24, 2.45) is 0 Å². The van der Waals surface area contributed by atoms with E-state index in [2.05, 4.69) is 5.32 Å². The van der Waals surface area contributed by atoms with Crippen LogP contribution in [0.5, 0.6) is 0 Å². The van der Waals surface area contributed by atoms with Crippen LogP contribution in [0, 0.1) is 6.92 Å². The van der Waals surface area contributed by atoms with Gasteiger partial charge >= 0.3 is 6.03 Å². The van der Waals surface area contributed by atoms with Crippen molar-refractivity contribution in [1.82, 2.24) is 4.90 Å². The number of furan rings is 1. The quantitative estimate of drug-likeness (QED) is 0.869. The summed E-state index contributed by atoms with van der Waals surface area (Å²) in [5, 5.41) is 3.97. The number of carbonyl (C=O) groups excluding carboxylic acids is 1. The van der Waals surface area contributed by atoms with Crippen LogP contribution in [-0.2, 0) is 0 Å². The van der Waals surface area contributed by atoms with Gasteiger partial charge in [0.25, 0.3) is 0 Å². The minimum Gasteiger partial charge on any atom is -0.461 e. The molecule has 0 aliphatic carbocycles. The molecule has 0 saturated carbocycles. The van der Waals surface area contributed by atoms with Crippen molar-refractivity contribution in [1.29, 1.82) is 0 Å². The van der Waals surface area contributed by atoms with Crippen LogP contribution in [0.4, 0.5) is 10.5 Å². The van der Waals surface area contributed by atoms with Crippen molar-refractivity contribution in [3.8, 4) is 0 Å². The first-order valence-corrected chi connectivity index (χ1v) is 7.52. The van der Waals surface area contributed by atoms with Gasteiger partial charge in [0, 0.05) is 35.7 Å². The van der Waals surface area contributed by atoms with Crippen LogP contribution in [0.2, 0.25) is 0 Å². The number of carbonyl (C=O) groups is 1. The Kier molecular flexibility index (Phi) is 3.38. The SMILES string of the molecule is Cc1cc2cc(NC(=O)N3CCSCC3)ccc2o1. The van der Waals surface area contributed by atoms with E-state index in [9.17, 15) is 4.79 Å². The lowest BCUT2D eigenvalue weighted by molar-refractivity contribution is 0.217. The molecule has 2 heterocycles. The summed E-state index contributed by atoms with van der Waals surface area (Å²) in [6, 6.07) is 7.68. The number of thioether (sulfide) groups is 1. The molecule has 1 aromatic heterocycles. The minimum atomic E-state index is -0.0140. The fourth-order valence-corrected chi connectivity index (χ4v) is 3.13. The maximum atomic E-state index is 12.1. The molecular formula is C14H16N2O2S. The maximum Gasteiger partial charge on any atom is 0.321 e. The van der Waals surface area contributed by atoms with Gasteiger partial charge < -0.3 is 14.6 Å². The van der Waals surface area contributed by atoms with Crippen LogP contribution in [0.3, 0.4) is 0 Å². The lowest BCUT2D eigenvalue weighted by atomic mass is 10.2. The van der Waals surface area contributed by atoms with Crippen molar-refractivity contribution in [3.63, 3.8) is 0 Å².